The molecule has 6 nitrogen and oxygen atoms in total. The Labute approximate surface area is 110 Å². The van der Waals surface area contributed by atoms with Crippen LogP contribution in [0.15, 0.2) is 12.3 Å². The van der Waals surface area contributed by atoms with Crippen LogP contribution in [0, 0.1) is 0 Å². The molecule has 1 rings (SSSR count). The van der Waals surface area contributed by atoms with Crippen molar-refractivity contribution in [2.75, 3.05) is 23.9 Å². The van der Waals surface area contributed by atoms with Crippen LogP contribution in [-0.2, 0) is 9.84 Å². The quantitative estimate of drug-likeness (QED) is 0.767. The Morgan fingerprint density at radius 3 is 2.72 bits per heavy atom. The van der Waals surface area contributed by atoms with Gasteiger partial charge in [0, 0.05) is 19.0 Å². The lowest BCUT2D eigenvalue weighted by Gasteiger charge is -2.07. The van der Waals surface area contributed by atoms with Crippen molar-refractivity contribution in [3.8, 4) is 0 Å². The van der Waals surface area contributed by atoms with Crippen LogP contribution in [-0.4, -0.2) is 43.0 Å². The van der Waals surface area contributed by atoms with Gasteiger partial charge < -0.3 is 10.4 Å². The maximum Gasteiger partial charge on any atom is 0.337 e. The molecule has 0 aromatic carbocycles. The number of carboxylic acid groups (broad SMARTS) is 1. The van der Waals surface area contributed by atoms with Crippen LogP contribution in [0.3, 0.4) is 0 Å². The molecule has 1 heterocycles. The molecule has 2 N–H and O–H groups in total. The van der Waals surface area contributed by atoms with Gasteiger partial charge in [0.2, 0.25) is 0 Å². The molecule has 100 valence electrons. The number of nitrogens with one attached hydrogen (secondary N) is 1. The Morgan fingerprint density at radius 1 is 1.56 bits per heavy atom. The number of carbonyl (C=O) groups is 1. The zero-order valence-electron chi connectivity index (χ0n) is 9.68. The van der Waals surface area contributed by atoms with Crippen LogP contribution in [0.4, 0.5) is 5.82 Å². The Kier molecular flexibility index (Phi) is 4.92. The fourth-order valence-corrected chi connectivity index (χ4v) is 2.13. The van der Waals surface area contributed by atoms with Crippen molar-refractivity contribution in [3.63, 3.8) is 0 Å². The topological polar surface area (TPSA) is 96.4 Å². The summed E-state index contributed by atoms with van der Waals surface area (Å²) in [5.74, 6) is -0.687. The van der Waals surface area contributed by atoms with Gasteiger partial charge in [0.05, 0.1) is 16.3 Å². The molecule has 0 aliphatic rings. The van der Waals surface area contributed by atoms with Gasteiger partial charge in [-0.15, -0.1) is 0 Å². The summed E-state index contributed by atoms with van der Waals surface area (Å²) in [6.07, 6.45) is 2.78. The molecule has 18 heavy (non-hydrogen) atoms. The molecule has 0 spiro atoms. The Bertz CT molecular complexity index is 545. The van der Waals surface area contributed by atoms with Gasteiger partial charge in [-0.25, -0.2) is 18.2 Å². The largest absolute Gasteiger partial charge is 0.478 e. The number of rotatable bonds is 6. The third-order valence-corrected chi connectivity index (χ3v) is 3.39. The fraction of sp³-hybridized carbons (Fsp3) is 0.400. The van der Waals surface area contributed by atoms with Crippen LogP contribution in [0.5, 0.6) is 0 Å². The molecular formula is C10H13ClN2O4S. The lowest BCUT2D eigenvalue weighted by molar-refractivity contribution is 0.0696. The minimum absolute atomic E-state index is 0.00156. The molecule has 0 atom stereocenters. The molecule has 0 saturated heterocycles. The monoisotopic (exact) mass is 292 g/mol. The number of nitrogens with zero attached hydrogens (tertiary/aromatic N) is 1. The van der Waals surface area contributed by atoms with E-state index in [4.69, 9.17) is 16.7 Å². The summed E-state index contributed by atoms with van der Waals surface area (Å²) in [5.41, 5.74) is 0.00156. The van der Waals surface area contributed by atoms with E-state index < -0.39 is 15.8 Å². The second kappa shape index (κ2) is 6.01. The van der Waals surface area contributed by atoms with Gasteiger partial charge in [-0.1, -0.05) is 11.6 Å². The molecule has 1 aromatic rings. The summed E-state index contributed by atoms with van der Waals surface area (Å²) >= 11 is 5.84. The summed E-state index contributed by atoms with van der Waals surface area (Å²) in [7, 11) is -2.98. The second-order valence-corrected chi connectivity index (χ2v) is 6.44. The summed E-state index contributed by atoms with van der Waals surface area (Å²) in [5, 5.41) is 11.8. The molecule has 0 fully saturated rings. The summed E-state index contributed by atoms with van der Waals surface area (Å²) in [6, 6.07) is 1.29. The molecule has 0 radical (unpaired) electrons. The average Bonchev–Trinajstić information content (AvgIpc) is 2.24. The highest BCUT2D eigenvalue weighted by atomic mass is 35.5. The number of carboxylic acids is 1. The van der Waals surface area contributed by atoms with Crippen LogP contribution in [0.25, 0.3) is 0 Å². The van der Waals surface area contributed by atoms with E-state index in [2.05, 4.69) is 10.3 Å². The smallest absolute Gasteiger partial charge is 0.337 e. The van der Waals surface area contributed by atoms with Gasteiger partial charge in [-0.2, -0.15) is 0 Å². The number of anilines is 1. The highest BCUT2D eigenvalue weighted by Crippen LogP contribution is 2.19. The van der Waals surface area contributed by atoms with E-state index in [-0.39, 0.29) is 16.3 Å². The van der Waals surface area contributed by atoms with Gasteiger partial charge in [0.1, 0.15) is 15.7 Å². The predicted molar refractivity (Wildman–Crippen MR) is 69.0 cm³/mol. The average molecular weight is 293 g/mol. The molecule has 0 bridgehead atoms. The summed E-state index contributed by atoms with van der Waals surface area (Å²) < 4.78 is 21.8. The summed E-state index contributed by atoms with van der Waals surface area (Å²) in [6.45, 7) is 0.395. The van der Waals surface area contributed by atoms with Gasteiger partial charge in [0.15, 0.2) is 0 Å². The third-order valence-electron chi connectivity index (χ3n) is 2.07. The van der Waals surface area contributed by atoms with E-state index in [0.29, 0.717) is 18.8 Å². The van der Waals surface area contributed by atoms with E-state index in [0.717, 1.165) is 0 Å². The van der Waals surface area contributed by atoms with Crippen LogP contribution >= 0.6 is 11.6 Å². The van der Waals surface area contributed by atoms with Gasteiger partial charge in [0.25, 0.3) is 0 Å². The number of hydrogen-bond acceptors (Lipinski definition) is 5. The van der Waals surface area contributed by atoms with E-state index in [9.17, 15) is 13.2 Å². The first-order chi connectivity index (χ1) is 8.29. The van der Waals surface area contributed by atoms with Crippen LogP contribution < -0.4 is 5.32 Å². The highest BCUT2D eigenvalue weighted by Gasteiger charge is 2.08. The number of aromatic carboxylic acids is 1. The molecule has 1 aromatic heterocycles. The van der Waals surface area contributed by atoms with Crippen LogP contribution in [0.1, 0.15) is 16.8 Å². The van der Waals surface area contributed by atoms with Gasteiger partial charge in [-0.05, 0) is 12.5 Å². The van der Waals surface area contributed by atoms with Crippen molar-refractivity contribution in [1.29, 1.82) is 0 Å². The molecule has 0 amide bonds. The van der Waals surface area contributed by atoms with E-state index >= 15 is 0 Å². The molecule has 8 heteroatoms. The zero-order valence-corrected chi connectivity index (χ0v) is 11.3. The number of aromatic nitrogens is 1. The van der Waals surface area contributed by atoms with E-state index in [1.165, 1.54) is 18.5 Å². The first-order valence-corrected chi connectivity index (χ1v) is 7.54. The first-order valence-electron chi connectivity index (χ1n) is 5.10. The standard InChI is InChI=1S/C10H13ClN2O4S/c1-18(16,17)4-2-3-12-9-8(11)5-7(6-13-9)10(14)15/h5-6H,2-4H2,1H3,(H,12,13)(H,14,15). The van der Waals surface area contributed by atoms with Gasteiger partial charge >= 0.3 is 5.97 Å². The number of hydrogen-bond donors (Lipinski definition) is 2. The highest BCUT2D eigenvalue weighted by molar-refractivity contribution is 7.90. The predicted octanol–water partition coefficient (Wildman–Crippen LogP) is 1.28. The Morgan fingerprint density at radius 2 is 2.22 bits per heavy atom. The molecule has 0 saturated carbocycles. The molecule has 0 aliphatic heterocycles. The normalized spacial score (nSPS) is 11.2. The second-order valence-electron chi connectivity index (χ2n) is 3.77. The zero-order chi connectivity index (χ0) is 13.8. The SMILES string of the molecule is CS(=O)(=O)CCCNc1ncc(C(=O)O)cc1Cl. The van der Waals surface area contributed by atoms with Crippen molar-refractivity contribution in [3.05, 3.63) is 22.8 Å². The molecular weight excluding hydrogens is 280 g/mol. The van der Waals surface area contributed by atoms with Crippen molar-refractivity contribution in [1.82, 2.24) is 4.98 Å². The van der Waals surface area contributed by atoms with Gasteiger partial charge in [-0.3, -0.25) is 0 Å². The Balaban J connectivity index is 2.56. The number of halogens is 1. The lowest BCUT2D eigenvalue weighted by atomic mass is 10.3. The molecule has 0 aliphatic carbocycles. The van der Waals surface area contributed by atoms with Crippen molar-refractivity contribution in [2.24, 2.45) is 0 Å². The van der Waals surface area contributed by atoms with Crippen molar-refractivity contribution >= 4 is 33.2 Å². The minimum Gasteiger partial charge on any atom is -0.478 e. The Hall–Kier alpha value is -1.34. The van der Waals surface area contributed by atoms with E-state index in [1.54, 1.807) is 0 Å². The third kappa shape index (κ3) is 4.89. The number of sulfone groups is 1. The van der Waals surface area contributed by atoms with Crippen molar-refractivity contribution in [2.45, 2.75) is 6.42 Å². The fourth-order valence-electron chi connectivity index (χ4n) is 1.23. The minimum atomic E-state index is -2.98. The van der Waals surface area contributed by atoms with Crippen molar-refractivity contribution < 1.29 is 18.3 Å². The maximum absolute atomic E-state index is 10.9. The number of pyridine rings is 1. The molecule has 0 unspecified atom stereocenters. The summed E-state index contributed by atoms with van der Waals surface area (Å²) in [4.78, 5) is 14.5. The maximum atomic E-state index is 10.9. The lowest BCUT2D eigenvalue weighted by Crippen LogP contribution is -2.11. The van der Waals surface area contributed by atoms with Crippen LogP contribution in [0.2, 0.25) is 5.02 Å². The van der Waals surface area contributed by atoms with E-state index in [1.807, 2.05) is 0 Å². The first kappa shape index (κ1) is 14.7.